The average Bonchev–Trinajstić information content (AvgIpc) is 3.39. The molecule has 2 fully saturated rings. The maximum absolute atomic E-state index is 9.80. The van der Waals surface area contributed by atoms with E-state index in [0.717, 1.165) is 37.6 Å². The molecule has 2 aliphatic carbocycles. The lowest BCUT2D eigenvalue weighted by molar-refractivity contribution is 0.137. The highest BCUT2D eigenvalue weighted by molar-refractivity contribution is 4.87. The third kappa shape index (κ3) is 6.25. The third-order valence-corrected chi connectivity index (χ3v) is 5.29. The molecule has 0 aromatic heterocycles. The first-order valence-electron chi connectivity index (χ1n) is 9.29. The number of aliphatic hydroxyl groups is 1. The highest BCUT2D eigenvalue weighted by Crippen LogP contribution is 2.34. The van der Waals surface area contributed by atoms with Crippen molar-refractivity contribution < 1.29 is 5.11 Å². The van der Waals surface area contributed by atoms with Crippen LogP contribution in [-0.2, 0) is 0 Å². The maximum Gasteiger partial charge on any atom is 0.0613 e. The van der Waals surface area contributed by atoms with Gasteiger partial charge in [-0.25, -0.2) is 0 Å². The Morgan fingerprint density at radius 2 is 1.71 bits per heavy atom. The van der Waals surface area contributed by atoms with Crippen molar-refractivity contribution in [2.45, 2.75) is 70.8 Å². The summed E-state index contributed by atoms with van der Waals surface area (Å²) in [6, 6.07) is 0. The van der Waals surface area contributed by atoms with E-state index in [-0.39, 0.29) is 12.1 Å². The van der Waals surface area contributed by atoms with Crippen molar-refractivity contribution in [1.29, 1.82) is 0 Å². The second kappa shape index (κ2) is 8.50. The third-order valence-electron chi connectivity index (χ3n) is 5.29. The number of hydrogen-bond acceptors (Lipinski definition) is 3. The summed E-state index contributed by atoms with van der Waals surface area (Å²) in [6.07, 6.45) is 10.3. The lowest BCUT2D eigenvalue weighted by atomic mass is 9.91. The van der Waals surface area contributed by atoms with E-state index in [2.05, 4.69) is 24.1 Å². The predicted molar refractivity (Wildman–Crippen MR) is 89.5 cm³/mol. The van der Waals surface area contributed by atoms with Gasteiger partial charge in [0.25, 0.3) is 0 Å². The first kappa shape index (κ1) is 17.2. The van der Waals surface area contributed by atoms with Gasteiger partial charge in [0.15, 0.2) is 0 Å². The summed E-state index contributed by atoms with van der Waals surface area (Å²) in [6.45, 7) is 9.57. The second-order valence-electron chi connectivity index (χ2n) is 7.47. The minimum Gasteiger partial charge on any atom is -0.394 e. The van der Waals surface area contributed by atoms with Crippen molar-refractivity contribution in [3.8, 4) is 0 Å². The minimum absolute atomic E-state index is 0.0408. The lowest BCUT2D eigenvalue weighted by Crippen LogP contribution is -2.48. The largest absolute Gasteiger partial charge is 0.394 e. The van der Waals surface area contributed by atoms with Crippen molar-refractivity contribution in [2.75, 3.05) is 32.8 Å². The first-order valence-corrected chi connectivity index (χ1v) is 9.29. The lowest BCUT2D eigenvalue weighted by Gasteiger charge is -2.33. The zero-order valence-corrected chi connectivity index (χ0v) is 14.2. The molecule has 2 saturated carbocycles. The van der Waals surface area contributed by atoms with E-state index in [4.69, 9.17) is 0 Å². The molecular weight excluding hydrogens is 260 g/mol. The molecule has 0 spiro atoms. The molecule has 1 atom stereocenters. The SMILES string of the molecule is CCCNC(CC)(CO)CCCN(CC1CC1)CC1CC1. The molecule has 0 bridgehead atoms. The van der Waals surface area contributed by atoms with Gasteiger partial charge in [0.1, 0.15) is 0 Å². The van der Waals surface area contributed by atoms with Crippen LogP contribution in [0.5, 0.6) is 0 Å². The summed E-state index contributed by atoms with van der Waals surface area (Å²) >= 11 is 0. The minimum atomic E-state index is -0.0408. The van der Waals surface area contributed by atoms with Gasteiger partial charge in [-0.1, -0.05) is 13.8 Å². The normalized spacial score (nSPS) is 21.7. The van der Waals surface area contributed by atoms with Crippen LogP contribution in [0.4, 0.5) is 0 Å². The van der Waals surface area contributed by atoms with Crippen molar-refractivity contribution >= 4 is 0 Å². The van der Waals surface area contributed by atoms with Gasteiger partial charge < -0.3 is 15.3 Å². The van der Waals surface area contributed by atoms with E-state index in [1.165, 1.54) is 51.7 Å². The van der Waals surface area contributed by atoms with Crippen LogP contribution in [0, 0.1) is 11.8 Å². The van der Waals surface area contributed by atoms with Gasteiger partial charge in [-0.15, -0.1) is 0 Å². The van der Waals surface area contributed by atoms with Gasteiger partial charge in [0, 0.05) is 18.6 Å². The van der Waals surface area contributed by atoms with Crippen LogP contribution in [0.2, 0.25) is 0 Å². The molecule has 0 aromatic rings. The van der Waals surface area contributed by atoms with Crippen LogP contribution < -0.4 is 5.32 Å². The Labute approximate surface area is 131 Å². The Hall–Kier alpha value is -0.120. The Kier molecular flexibility index (Phi) is 6.97. The Bertz CT molecular complexity index is 269. The number of aliphatic hydroxyl groups excluding tert-OH is 1. The molecule has 0 amide bonds. The molecule has 0 aromatic carbocycles. The summed E-state index contributed by atoms with van der Waals surface area (Å²) in [5.41, 5.74) is -0.0408. The maximum atomic E-state index is 9.80. The van der Waals surface area contributed by atoms with E-state index in [0.29, 0.717) is 0 Å². The van der Waals surface area contributed by atoms with Crippen molar-refractivity contribution in [3.63, 3.8) is 0 Å². The van der Waals surface area contributed by atoms with Gasteiger partial charge in [-0.2, -0.15) is 0 Å². The molecule has 0 aliphatic heterocycles. The molecule has 2 aliphatic rings. The summed E-state index contributed by atoms with van der Waals surface area (Å²) in [7, 11) is 0. The van der Waals surface area contributed by atoms with Crippen LogP contribution in [0.3, 0.4) is 0 Å². The highest BCUT2D eigenvalue weighted by atomic mass is 16.3. The highest BCUT2D eigenvalue weighted by Gasteiger charge is 2.30. The van der Waals surface area contributed by atoms with Crippen LogP contribution >= 0.6 is 0 Å². The summed E-state index contributed by atoms with van der Waals surface area (Å²) in [5.74, 6) is 1.99. The van der Waals surface area contributed by atoms with Crippen LogP contribution in [0.1, 0.15) is 65.2 Å². The molecule has 2 N–H and O–H groups in total. The van der Waals surface area contributed by atoms with Crippen molar-refractivity contribution in [2.24, 2.45) is 11.8 Å². The van der Waals surface area contributed by atoms with E-state index in [9.17, 15) is 5.11 Å². The molecule has 124 valence electrons. The van der Waals surface area contributed by atoms with Gasteiger partial charge in [0.05, 0.1) is 6.61 Å². The zero-order valence-electron chi connectivity index (χ0n) is 14.2. The fourth-order valence-electron chi connectivity index (χ4n) is 3.26. The number of nitrogens with one attached hydrogen (secondary N) is 1. The summed E-state index contributed by atoms with van der Waals surface area (Å²) in [4.78, 5) is 2.72. The molecule has 0 radical (unpaired) electrons. The van der Waals surface area contributed by atoms with Crippen LogP contribution in [0.15, 0.2) is 0 Å². The Balaban J connectivity index is 1.72. The van der Waals surface area contributed by atoms with Gasteiger partial charge in [-0.05, 0) is 76.3 Å². The molecule has 2 rings (SSSR count). The van der Waals surface area contributed by atoms with E-state index < -0.39 is 0 Å². The van der Waals surface area contributed by atoms with E-state index in [1.807, 2.05) is 0 Å². The van der Waals surface area contributed by atoms with Crippen LogP contribution in [0.25, 0.3) is 0 Å². The topological polar surface area (TPSA) is 35.5 Å². The van der Waals surface area contributed by atoms with Crippen molar-refractivity contribution in [1.82, 2.24) is 10.2 Å². The fraction of sp³-hybridized carbons (Fsp3) is 1.00. The molecule has 0 heterocycles. The van der Waals surface area contributed by atoms with E-state index in [1.54, 1.807) is 0 Å². The van der Waals surface area contributed by atoms with Gasteiger partial charge in [0.2, 0.25) is 0 Å². The van der Waals surface area contributed by atoms with Crippen molar-refractivity contribution in [3.05, 3.63) is 0 Å². The molecule has 3 nitrogen and oxygen atoms in total. The van der Waals surface area contributed by atoms with Gasteiger partial charge >= 0.3 is 0 Å². The Morgan fingerprint density at radius 1 is 1.10 bits per heavy atom. The van der Waals surface area contributed by atoms with Gasteiger partial charge in [-0.3, -0.25) is 0 Å². The fourth-order valence-corrected chi connectivity index (χ4v) is 3.26. The number of hydrogen-bond donors (Lipinski definition) is 2. The number of nitrogens with zero attached hydrogens (tertiary/aromatic N) is 1. The molecule has 3 heteroatoms. The van der Waals surface area contributed by atoms with Crippen LogP contribution in [-0.4, -0.2) is 48.3 Å². The van der Waals surface area contributed by atoms with E-state index >= 15 is 0 Å². The Morgan fingerprint density at radius 3 is 2.14 bits per heavy atom. The summed E-state index contributed by atoms with van der Waals surface area (Å²) in [5, 5.41) is 13.4. The smallest absolute Gasteiger partial charge is 0.0613 e. The zero-order chi connectivity index (χ0) is 15.1. The molecule has 21 heavy (non-hydrogen) atoms. The second-order valence-corrected chi connectivity index (χ2v) is 7.47. The first-order chi connectivity index (χ1) is 10.2. The average molecular weight is 296 g/mol. The monoisotopic (exact) mass is 296 g/mol. The number of rotatable bonds is 13. The molecule has 1 unspecified atom stereocenters. The molecule has 0 saturated heterocycles. The standard InChI is InChI=1S/C18H36N2O/c1-3-11-19-18(4-2,15-21)10-5-12-20(13-16-6-7-16)14-17-8-9-17/h16-17,19,21H,3-15H2,1-2H3. The quantitative estimate of drug-likeness (QED) is 0.548. The predicted octanol–water partition coefficient (Wildman–Crippen LogP) is 3.03. The molecular formula is C18H36N2O. The summed E-state index contributed by atoms with van der Waals surface area (Å²) < 4.78 is 0.